The topological polar surface area (TPSA) is 108 Å². The highest BCUT2D eigenvalue weighted by Gasteiger charge is 2.23. The molecule has 3 unspecified atom stereocenters. The van der Waals surface area contributed by atoms with Crippen LogP contribution in [0, 0.1) is 0 Å². The van der Waals surface area contributed by atoms with Gasteiger partial charge in [-0.05, 0) is 6.42 Å². The van der Waals surface area contributed by atoms with Crippen LogP contribution in [0.4, 0.5) is 0 Å². The number of nitrogens with one attached hydrogen (secondary N) is 1. The third kappa shape index (κ3) is 18.7. The summed E-state index contributed by atoms with van der Waals surface area (Å²) in [5, 5.41) is 13.2. The van der Waals surface area contributed by atoms with Crippen molar-refractivity contribution in [3.8, 4) is 0 Å². The number of hydrogen-bond acceptors (Lipinski definition) is 6. The molecular formula is C22H47N2O6P. The molecule has 0 radical (unpaired) electrons. The van der Waals surface area contributed by atoms with E-state index in [9.17, 15) is 19.4 Å². The fourth-order valence-electron chi connectivity index (χ4n) is 3.06. The van der Waals surface area contributed by atoms with Crippen LogP contribution in [0.1, 0.15) is 84.5 Å². The molecule has 0 saturated carbocycles. The minimum absolute atomic E-state index is 0.0112. The molecule has 0 aromatic rings. The molecular weight excluding hydrogens is 419 g/mol. The van der Waals surface area contributed by atoms with E-state index >= 15 is 0 Å². The maximum atomic E-state index is 12.0. The zero-order valence-electron chi connectivity index (χ0n) is 20.4. The van der Waals surface area contributed by atoms with Crippen LogP contribution in [0.25, 0.3) is 0 Å². The van der Waals surface area contributed by atoms with Gasteiger partial charge in [0.15, 0.2) is 0 Å². The van der Waals surface area contributed by atoms with Crippen LogP contribution in [0.2, 0.25) is 0 Å². The third-order valence-corrected chi connectivity index (χ3v) is 6.12. The lowest BCUT2D eigenvalue weighted by Crippen LogP contribution is -2.46. The van der Waals surface area contributed by atoms with E-state index < -0.39 is 20.0 Å². The van der Waals surface area contributed by atoms with Gasteiger partial charge in [0.05, 0.1) is 39.9 Å². The van der Waals surface area contributed by atoms with E-state index in [4.69, 9.17) is 9.05 Å². The Bertz CT molecular complexity index is 513. The van der Waals surface area contributed by atoms with Crippen molar-refractivity contribution in [2.24, 2.45) is 0 Å². The summed E-state index contributed by atoms with van der Waals surface area (Å²) in [4.78, 5) is 23.8. The number of phosphoric acid groups is 1. The Balaban J connectivity index is 4.35. The second-order valence-electron chi connectivity index (χ2n) is 9.30. The molecule has 2 N–H and O–H groups in total. The van der Waals surface area contributed by atoms with Gasteiger partial charge < -0.3 is 28.8 Å². The van der Waals surface area contributed by atoms with Gasteiger partial charge in [-0.25, -0.2) is 0 Å². The molecule has 0 bridgehead atoms. The molecule has 1 amide bonds. The molecule has 9 heteroatoms. The second kappa shape index (κ2) is 17.0. The van der Waals surface area contributed by atoms with Crippen molar-refractivity contribution in [3.63, 3.8) is 0 Å². The van der Waals surface area contributed by atoms with Crippen LogP contribution in [-0.2, 0) is 18.4 Å². The van der Waals surface area contributed by atoms with Crippen LogP contribution in [0.15, 0.2) is 0 Å². The predicted molar refractivity (Wildman–Crippen MR) is 122 cm³/mol. The summed E-state index contributed by atoms with van der Waals surface area (Å²) in [5.74, 6) is -0.258. The molecule has 0 fully saturated rings. The summed E-state index contributed by atoms with van der Waals surface area (Å²) in [7, 11) is 1.29. The summed E-state index contributed by atoms with van der Waals surface area (Å²) < 4.78 is 22.4. The summed E-state index contributed by atoms with van der Waals surface area (Å²) in [6, 6.07) is -0.786. The van der Waals surface area contributed by atoms with Gasteiger partial charge in [-0.15, -0.1) is 0 Å². The number of carbonyl (C=O) groups is 1. The number of unbranched alkanes of at least 4 members (excludes halogenated alkanes) is 8. The fourth-order valence-corrected chi connectivity index (χ4v) is 3.78. The Hall–Kier alpha value is -0.500. The first-order valence-corrected chi connectivity index (χ1v) is 13.3. The van der Waals surface area contributed by atoms with E-state index in [1.165, 1.54) is 38.5 Å². The van der Waals surface area contributed by atoms with Gasteiger partial charge in [0.2, 0.25) is 5.91 Å². The minimum atomic E-state index is -4.50. The third-order valence-electron chi connectivity index (χ3n) is 5.16. The van der Waals surface area contributed by atoms with Gasteiger partial charge in [0.1, 0.15) is 13.2 Å². The van der Waals surface area contributed by atoms with Gasteiger partial charge in [-0.3, -0.25) is 9.36 Å². The maximum Gasteiger partial charge on any atom is 0.268 e. The summed E-state index contributed by atoms with van der Waals surface area (Å²) in [6.45, 7) is 4.09. The van der Waals surface area contributed by atoms with Crippen LogP contribution in [0.5, 0.6) is 0 Å². The smallest absolute Gasteiger partial charge is 0.268 e. The number of quaternary nitrogens is 1. The van der Waals surface area contributed by atoms with Crippen LogP contribution in [-0.4, -0.2) is 68.5 Å². The van der Waals surface area contributed by atoms with Crippen molar-refractivity contribution in [3.05, 3.63) is 0 Å². The molecule has 0 heterocycles. The first kappa shape index (κ1) is 30.5. The van der Waals surface area contributed by atoms with Crippen molar-refractivity contribution in [1.29, 1.82) is 0 Å². The van der Waals surface area contributed by atoms with Gasteiger partial charge in [-0.2, -0.15) is 0 Å². The normalized spacial score (nSPS) is 16.0. The average molecular weight is 467 g/mol. The van der Waals surface area contributed by atoms with Crippen LogP contribution >= 0.6 is 7.82 Å². The molecule has 186 valence electrons. The van der Waals surface area contributed by atoms with Gasteiger partial charge in [0, 0.05) is 6.42 Å². The number of aliphatic hydroxyl groups is 1. The number of amides is 1. The van der Waals surface area contributed by atoms with Gasteiger partial charge >= 0.3 is 0 Å². The zero-order chi connectivity index (χ0) is 23.8. The SMILES string of the molecule is CCCCCCCCCCCC(O)C(COP(=O)([O-])OCC[N+](C)(C)C)NC(=O)CC. The van der Waals surface area contributed by atoms with Crippen molar-refractivity contribution in [1.82, 2.24) is 5.32 Å². The number of aliphatic hydroxyl groups excluding tert-OH is 1. The lowest BCUT2D eigenvalue weighted by molar-refractivity contribution is -0.870. The lowest BCUT2D eigenvalue weighted by Gasteiger charge is -2.30. The molecule has 3 atom stereocenters. The number of rotatable bonds is 20. The highest BCUT2D eigenvalue weighted by molar-refractivity contribution is 7.45. The molecule has 31 heavy (non-hydrogen) atoms. The molecule has 0 aliphatic rings. The maximum absolute atomic E-state index is 12.0. The van der Waals surface area contributed by atoms with E-state index in [1.807, 2.05) is 21.1 Å². The zero-order valence-corrected chi connectivity index (χ0v) is 21.3. The Morgan fingerprint density at radius 3 is 2.06 bits per heavy atom. The van der Waals surface area contributed by atoms with Crippen molar-refractivity contribution >= 4 is 13.7 Å². The molecule has 8 nitrogen and oxygen atoms in total. The van der Waals surface area contributed by atoms with E-state index in [0.29, 0.717) is 17.4 Å². The quantitative estimate of drug-likeness (QED) is 0.162. The molecule has 0 saturated heterocycles. The number of hydrogen-bond donors (Lipinski definition) is 2. The highest BCUT2D eigenvalue weighted by atomic mass is 31.2. The molecule has 0 rings (SSSR count). The lowest BCUT2D eigenvalue weighted by atomic mass is 10.0. The summed E-state index contributed by atoms with van der Waals surface area (Å²) in [6.07, 6.45) is 10.4. The molecule has 0 aromatic heterocycles. The van der Waals surface area contributed by atoms with E-state index in [-0.39, 0.29) is 25.5 Å². The first-order chi connectivity index (χ1) is 14.5. The molecule has 0 aromatic carbocycles. The molecule has 0 spiro atoms. The van der Waals surface area contributed by atoms with Crippen LogP contribution in [0.3, 0.4) is 0 Å². The Kier molecular flexibility index (Phi) is 16.8. The number of nitrogens with zero attached hydrogens (tertiary/aromatic N) is 1. The van der Waals surface area contributed by atoms with E-state index in [1.54, 1.807) is 6.92 Å². The first-order valence-electron chi connectivity index (χ1n) is 11.9. The van der Waals surface area contributed by atoms with Crippen LogP contribution < -0.4 is 10.2 Å². The number of likely N-dealkylation sites (N-methyl/N-ethyl adjacent to an activating group) is 1. The van der Waals surface area contributed by atoms with Crippen molar-refractivity contribution in [2.75, 3.05) is 40.9 Å². The number of carbonyl (C=O) groups excluding carboxylic acids is 1. The second-order valence-corrected chi connectivity index (χ2v) is 10.7. The molecule has 0 aliphatic carbocycles. The summed E-state index contributed by atoms with van der Waals surface area (Å²) in [5.41, 5.74) is 0. The Morgan fingerprint density at radius 1 is 1.00 bits per heavy atom. The fraction of sp³-hybridized carbons (Fsp3) is 0.955. The van der Waals surface area contributed by atoms with Crippen molar-refractivity contribution < 1.29 is 32.9 Å². The van der Waals surface area contributed by atoms with E-state index in [2.05, 4.69) is 12.2 Å². The van der Waals surface area contributed by atoms with Crippen molar-refractivity contribution in [2.45, 2.75) is 96.6 Å². The monoisotopic (exact) mass is 466 g/mol. The summed E-state index contributed by atoms with van der Waals surface area (Å²) >= 11 is 0. The van der Waals surface area contributed by atoms with Gasteiger partial charge in [-0.1, -0.05) is 71.6 Å². The molecule has 0 aliphatic heterocycles. The predicted octanol–water partition coefficient (Wildman–Crippen LogP) is 3.37. The number of phosphoric ester groups is 1. The largest absolute Gasteiger partial charge is 0.756 e. The average Bonchev–Trinajstić information content (AvgIpc) is 2.68. The van der Waals surface area contributed by atoms with E-state index in [0.717, 1.165) is 19.3 Å². The van der Waals surface area contributed by atoms with Gasteiger partial charge in [0.25, 0.3) is 7.82 Å². The highest BCUT2D eigenvalue weighted by Crippen LogP contribution is 2.38. The Morgan fingerprint density at radius 2 is 1.55 bits per heavy atom. The standard InChI is InChI=1S/C22H47N2O6P/c1-6-8-9-10-11-12-13-14-15-16-21(25)20(23-22(26)7-2)19-30-31(27,28)29-18-17-24(3,4)5/h20-21,25H,6-19H2,1-5H3,(H-,23,26,27,28). The minimum Gasteiger partial charge on any atom is -0.756 e. The Labute approximate surface area is 189 Å².